The second-order valence-corrected chi connectivity index (χ2v) is 14.6. The van der Waals surface area contributed by atoms with Gasteiger partial charge in [-0.25, -0.2) is 0 Å². The van der Waals surface area contributed by atoms with Crippen LogP contribution in [-0.4, -0.2) is 26.0 Å². The summed E-state index contributed by atoms with van der Waals surface area (Å²) in [7, 11) is -1.98. The fourth-order valence-electron chi connectivity index (χ4n) is 4.56. The van der Waals surface area contributed by atoms with Crippen molar-refractivity contribution in [2.45, 2.75) is 70.7 Å². The van der Waals surface area contributed by atoms with E-state index in [9.17, 15) is 9.59 Å². The molecule has 1 aromatic carbocycles. The third-order valence-corrected chi connectivity index (χ3v) is 11.6. The monoisotopic (exact) mass is 394 g/mol. The zero-order valence-electron chi connectivity index (χ0n) is 17.6. The lowest BCUT2D eigenvalue weighted by Gasteiger charge is -2.45. The Bertz CT molecular complexity index is 914. The van der Waals surface area contributed by atoms with Crippen LogP contribution in [0.25, 0.3) is 0 Å². The van der Waals surface area contributed by atoms with E-state index in [2.05, 4.69) is 39.9 Å². The summed E-state index contributed by atoms with van der Waals surface area (Å²) in [5, 5.41) is 0.110. The summed E-state index contributed by atoms with van der Waals surface area (Å²) in [5.41, 5.74) is 3.84. The van der Waals surface area contributed by atoms with E-state index in [0.29, 0.717) is 23.1 Å². The molecule has 4 rings (SSSR count). The molecule has 0 bridgehead atoms. The number of carbonyl (C=O) groups is 2. The van der Waals surface area contributed by atoms with Gasteiger partial charge in [-0.2, -0.15) is 0 Å². The summed E-state index contributed by atoms with van der Waals surface area (Å²) in [5.74, 6) is 0.000104. The van der Waals surface area contributed by atoms with Crippen molar-refractivity contribution in [3.8, 4) is 0 Å². The molecule has 28 heavy (non-hydrogen) atoms. The largest absolute Gasteiger partial charge is 0.413 e. The molecule has 1 saturated carbocycles. The first kappa shape index (κ1) is 19.5. The van der Waals surface area contributed by atoms with Gasteiger partial charge in [-0.3, -0.25) is 9.59 Å². The molecular weight excluding hydrogens is 364 g/mol. The van der Waals surface area contributed by atoms with Gasteiger partial charge in [0.05, 0.1) is 6.10 Å². The molecule has 0 aromatic heterocycles. The Labute approximate surface area is 169 Å². The van der Waals surface area contributed by atoms with Gasteiger partial charge in [0.1, 0.15) is 0 Å². The smallest absolute Gasteiger partial charge is 0.192 e. The van der Waals surface area contributed by atoms with Gasteiger partial charge in [0.2, 0.25) is 0 Å². The Hall–Kier alpha value is -1.78. The quantitative estimate of drug-likeness (QED) is 0.464. The second kappa shape index (κ2) is 6.63. The van der Waals surface area contributed by atoms with E-state index in [1.165, 1.54) is 5.57 Å². The predicted molar refractivity (Wildman–Crippen MR) is 114 cm³/mol. The highest BCUT2D eigenvalue weighted by Gasteiger charge is 2.47. The molecule has 4 heteroatoms. The zero-order chi connectivity index (χ0) is 20.3. The molecule has 1 fully saturated rings. The highest BCUT2D eigenvalue weighted by molar-refractivity contribution is 6.74. The van der Waals surface area contributed by atoms with Gasteiger partial charge >= 0.3 is 0 Å². The Kier molecular flexibility index (Phi) is 4.63. The standard InChI is InChI=1S/C24H30O3Si/c1-24(2,3)28(4,5)27-19-12-8-9-15-13-14-18-21(20(15)19)23(26)17-11-7-6-10-16(17)22(18)25/h6-7,10-11,13,19-20H,8-9,12,14H2,1-5H3/t19-,20-/m1/s1. The van der Waals surface area contributed by atoms with Crippen LogP contribution in [0.1, 0.15) is 67.2 Å². The fourth-order valence-corrected chi connectivity index (χ4v) is 5.93. The Morgan fingerprint density at radius 2 is 1.68 bits per heavy atom. The van der Waals surface area contributed by atoms with Gasteiger partial charge in [0.15, 0.2) is 19.9 Å². The zero-order valence-corrected chi connectivity index (χ0v) is 18.6. The minimum Gasteiger partial charge on any atom is -0.413 e. The van der Waals surface area contributed by atoms with Crippen LogP contribution in [0.2, 0.25) is 18.1 Å². The summed E-state index contributed by atoms with van der Waals surface area (Å²) in [4.78, 5) is 26.6. The summed E-state index contributed by atoms with van der Waals surface area (Å²) >= 11 is 0. The van der Waals surface area contributed by atoms with E-state index in [4.69, 9.17) is 4.43 Å². The van der Waals surface area contributed by atoms with Gasteiger partial charge < -0.3 is 4.43 Å². The number of Topliss-reactive ketones (excluding diaryl/α,β-unsaturated/α-hetero) is 2. The van der Waals surface area contributed by atoms with Gasteiger partial charge in [0.25, 0.3) is 0 Å². The maximum absolute atomic E-state index is 13.5. The lowest BCUT2D eigenvalue weighted by Crippen LogP contribution is -2.48. The fraction of sp³-hybridized carbons (Fsp3) is 0.500. The first-order chi connectivity index (χ1) is 13.1. The number of fused-ring (bicyclic) bond motifs is 3. The van der Waals surface area contributed by atoms with E-state index >= 15 is 0 Å². The summed E-state index contributed by atoms with van der Waals surface area (Å²) in [6.07, 6.45) is 5.81. The molecular formula is C24H30O3Si. The van der Waals surface area contributed by atoms with E-state index in [1.807, 2.05) is 12.1 Å². The van der Waals surface area contributed by atoms with Crippen molar-refractivity contribution in [1.29, 1.82) is 0 Å². The summed E-state index contributed by atoms with van der Waals surface area (Å²) < 4.78 is 6.83. The van der Waals surface area contributed by atoms with Crippen molar-refractivity contribution >= 4 is 19.9 Å². The molecule has 0 aliphatic heterocycles. The van der Waals surface area contributed by atoms with Crippen LogP contribution < -0.4 is 0 Å². The van der Waals surface area contributed by atoms with Gasteiger partial charge in [-0.15, -0.1) is 0 Å². The third kappa shape index (κ3) is 2.98. The molecule has 2 atom stereocenters. The Morgan fingerprint density at radius 1 is 1.04 bits per heavy atom. The highest BCUT2D eigenvalue weighted by Crippen LogP contribution is 2.48. The van der Waals surface area contributed by atoms with Crippen molar-refractivity contribution in [2.24, 2.45) is 5.92 Å². The SMILES string of the molecule is CC(C)(C)[Si](C)(C)O[C@@H]1CCCC2=CCC3=C(C(=O)c4ccccc4C3=O)[C@H]21. The van der Waals surface area contributed by atoms with E-state index < -0.39 is 8.32 Å². The first-order valence-electron chi connectivity index (χ1n) is 10.4. The third-order valence-electron chi connectivity index (χ3n) is 7.12. The number of hydrogen-bond donors (Lipinski definition) is 0. The summed E-state index contributed by atoms with van der Waals surface area (Å²) in [6.45, 7) is 11.3. The number of hydrogen-bond acceptors (Lipinski definition) is 3. The van der Waals surface area contributed by atoms with Crippen LogP contribution in [0, 0.1) is 5.92 Å². The second-order valence-electron chi connectivity index (χ2n) is 9.87. The molecule has 1 aromatic rings. The number of ketones is 2. The Balaban J connectivity index is 1.77. The van der Waals surface area contributed by atoms with Gasteiger partial charge in [-0.1, -0.05) is 56.7 Å². The van der Waals surface area contributed by atoms with Crippen LogP contribution in [0.3, 0.4) is 0 Å². The predicted octanol–water partition coefficient (Wildman–Crippen LogP) is 5.88. The number of carbonyl (C=O) groups excluding carboxylic acids is 2. The molecule has 3 aliphatic rings. The lowest BCUT2D eigenvalue weighted by molar-refractivity contribution is 0.0895. The minimum absolute atomic E-state index is 0.00629. The van der Waals surface area contributed by atoms with Crippen LogP contribution in [0.15, 0.2) is 47.1 Å². The van der Waals surface area contributed by atoms with E-state index in [0.717, 1.165) is 24.8 Å². The van der Waals surface area contributed by atoms with E-state index in [-0.39, 0.29) is 28.6 Å². The molecule has 0 unspecified atom stereocenters. The first-order valence-corrected chi connectivity index (χ1v) is 13.3. The Morgan fingerprint density at radius 3 is 2.32 bits per heavy atom. The average molecular weight is 395 g/mol. The summed E-state index contributed by atoms with van der Waals surface area (Å²) in [6, 6.07) is 7.26. The molecule has 3 nitrogen and oxygen atoms in total. The van der Waals surface area contributed by atoms with Crippen molar-refractivity contribution in [3.63, 3.8) is 0 Å². The van der Waals surface area contributed by atoms with Crippen molar-refractivity contribution in [1.82, 2.24) is 0 Å². The lowest BCUT2D eigenvalue weighted by atomic mass is 9.67. The van der Waals surface area contributed by atoms with Crippen molar-refractivity contribution < 1.29 is 14.0 Å². The molecule has 148 valence electrons. The van der Waals surface area contributed by atoms with E-state index in [1.54, 1.807) is 12.1 Å². The van der Waals surface area contributed by atoms with Crippen molar-refractivity contribution in [3.05, 3.63) is 58.2 Å². The van der Waals surface area contributed by atoms with Crippen molar-refractivity contribution in [2.75, 3.05) is 0 Å². The maximum Gasteiger partial charge on any atom is 0.192 e. The normalized spacial score (nSPS) is 25.1. The van der Waals surface area contributed by atoms with Crippen LogP contribution in [-0.2, 0) is 4.43 Å². The minimum atomic E-state index is -1.98. The van der Waals surface area contributed by atoms with Gasteiger partial charge in [0, 0.05) is 28.2 Å². The molecule has 0 N–H and O–H groups in total. The molecule has 0 radical (unpaired) electrons. The van der Waals surface area contributed by atoms with Crippen LogP contribution in [0.5, 0.6) is 0 Å². The molecule has 0 heterocycles. The number of allylic oxidation sites excluding steroid dienone is 2. The number of rotatable bonds is 2. The topological polar surface area (TPSA) is 43.4 Å². The highest BCUT2D eigenvalue weighted by atomic mass is 28.4. The molecule has 0 spiro atoms. The molecule has 0 amide bonds. The van der Waals surface area contributed by atoms with Crippen LogP contribution in [0.4, 0.5) is 0 Å². The maximum atomic E-state index is 13.5. The molecule has 3 aliphatic carbocycles. The van der Waals surface area contributed by atoms with Gasteiger partial charge in [-0.05, 0) is 43.8 Å². The number of benzene rings is 1. The average Bonchev–Trinajstić information content (AvgIpc) is 2.64. The van der Waals surface area contributed by atoms with Crippen LogP contribution >= 0.6 is 0 Å². The molecule has 0 saturated heterocycles.